The van der Waals surface area contributed by atoms with Crippen LogP contribution in [0.4, 0.5) is 5.69 Å². The fourth-order valence-corrected chi connectivity index (χ4v) is 2.75. The number of aryl methyl sites for hydroxylation is 1. The van der Waals surface area contributed by atoms with Crippen LogP contribution in [0.15, 0.2) is 45.7 Å². The average Bonchev–Trinajstić information content (AvgIpc) is 3.11. The predicted octanol–water partition coefficient (Wildman–Crippen LogP) is 4.11. The van der Waals surface area contributed by atoms with E-state index in [0.717, 1.165) is 29.2 Å². The molecule has 0 saturated heterocycles. The van der Waals surface area contributed by atoms with Crippen molar-refractivity contribution in [2.75, 3.05) is 5.32 Å². The van der Waals surface area contributed by atoms with Crippen molar-refractivity contribution in [3.05, 3.63) is 58.1 Å². The van der Waals surface area contributed by atoms with Gasteiger partial charge in [-0.15, -0.1) is 0 Å². The number of aromatic nitrogens is 3. The Labute approximate surface area is 137 Å². The Morgan fingerprint density at radius 3 is 2.82 bits per heavy atom. The van der Waals surface area contributed by atoms with Gasteiger partial charge in [-0.1, -0.05) is 30.3 Å². The molecule has 3 rings (SSSR count). The third kappa shape index (κ3) is 2.92. The molecule has 0 atom stereocenters. The van der Waals surface area contributed by atoms with Crippen LogP contribution in [0.5, 0.6) is 0 Å². The molecule has 0 fully saturated rings. The Kier molecular flexibility index (Phi) is 4.29. The van der Waals surface area contributed by atoms with Gasteiger partial charge in [-0.25, -0.2) is 4.68 Å². The van der Waals surface area contributed by atoms with Crippen LogP contribution in [0.25, 0.3) is 5.69 Å². The lowest BCUT2D eigenvalue weighted by Crippen LogP contribution is -2.05. The van der Waals surface area contributed by atoms with Gasteiger partial charge in [0.15, 0.2) is 5.76 Å². The molecule has 0 unspecified atom stereocenters. The van der Waals surface area contributed by atoms with Gasteiger partial charge in [-0.2, -0.15) is 5.10 Å². The van der Waals surface area contributed by atoms with E-state index in [-0.39, 0.29) is 0 Å². The molecule has 0 radical (unpaired) electrons. The summed E-state index contributed by atoms with van der Waals surface area (Å²) in [6, 6.07) is 10.1. The van der Waals surface area contributed by atoms with Crippen molar-refractivity contribution < 1.29 is 4.52 Å². The second kappa shape index (κ2) is 6.36. The first-order valence-corrected chi connectivity index (χ1v) is 7.96. The van der Waals surface area contributed by atoms with E-state index in [0.29, 0.717) is 11.1 Å². The van der Waals surface area contributed by atoms with Crippen LogP contribution in [-0.2, 0) is 13.0 Å². The summed E-state index contributed by atoms with van der Waals surface area (Å²) in [5.41, 5.74) is 4.46. The van der Waals surface area contributed by atoms with Gasteiger partial charge in [0.1, 0.15) is 4.60 Å². The van der Waals surface area contributed by atoms with Crippen LogP contribution in [0.2, 0.25) is 0 Å². The van der Waals surface area contributed by atoms with E-state index in [4.69, 9.17) is 4.52 Å². The number of hydrogen-bond donors (Lipinski definition) is 1. The van der Waals surface area contributed by atoms with E-state index in [2.05, 4.69) is 57.5 Å². The number of para-hydroxylation sites is 1. The Balaban J connectivity index is 1.86. The molecule has 0 amide bonds. The summed E-state index contributed by atoms with van der Waals surface area (Å²) in [5, 5.41) is 11.7. The normalized spacial score (nSPS) is 10.9. The number of hydrogen-bond acceptors (Lipinski definition) is 4. The van der Waals surface area contributed by atoms with Gasteiger partial charge in [0.05, 0.1) is 29.8 Å². The first kappa shape index (κ1) is 14.8. The fourth-order valence-electron chi connectivity index (χ4n) is 2.42. The summed E-state index contributed by atoms with van der Waals surface area (Å²) < 4.78 is 7.88. The Hall–Kier alpha value is -2.08. The molecule has 0 aliphatic heterocycles. The van der Waals surface area contributed by atoms with E-state index in [1.54, 1.807) is 0 Å². The highest BCUT2D eigenvalue weighted by molar-refractivity contribution is 9.10. The topological polar surface area (TPSA) is 55.9 Å². The van der Waals surface area contributed by atoms with E-state index in [9.17, 15) is 0 Å². The molecule has 1 aromatic carbocycles. The molecular formula is C16H17BrN4O. The Morgan fingerprint density at radius 1 is 1.32 bits per heavy atom. The van der Waals surface area contributed by atoms with E-state index in [1.807, 2.05) is 29.1 Å². The molecule has 2 heterocycles. The smallest absolute Gasteiger partial charge is 0.156 e. The molecule has 0 aliphatic rings. The zero-order chi connectivity index (χ0) is 15.5. The van der Waals surface area contributed by atoms with Gasteiger partial charge >= 0.3 is 0 Å². The minimum Gasteiger partial charge on any atom is -0.375 e. The minimum atomic E-state index is 0.574. The first-order valence-electron chi connectivity index (χ1n) is 7.17. The molecule has 6 heteroatoms. The monoisotopic (exact) mass is 360 g/mol. The zero-order valence-corrected chi connectivity index (χ0v) is 14.1. The Morgan fingerprint density at radius 2 is 2.14 bits per heavy atom. The van der Waals surface area contributed by atoms with Crippen LogP contribution < -0.4 is 5.32 Å². The Bertz CT molecular complexity index is 778. The number of nitrogens with one attached hydrogen (secondary N) is 1. The lowest BCUT2D eigenvalue weighted by atomic mass is 10.2. The van der Waals surface area contributed by atoms with Gasteiger partial charge < -0.3 is 9.84 Å². The highest BCUT2D eigenvalue weighted by atomic mass is 79.9. The third-order valence-electron chi connectivity index (χ3n) is 3.53. The summed E-state index contributed by atoms with van der Waals surface area (Å²) in [6.45, 7) is 4.79. The summed E-state index contributed by atoms with van der Waals surface area (Å²) in [7, 11) is 0. The standard InChI is InChI=1S/C16H17BrN4O/c1-3-14-13(18-9-12-8-16(17)20-22-12)10-19-21(14)15-7-5-4-6-11(15)2/h4-8,10,18H,3,9H2,1-2H3. The van der Waals surface area contributed by atoms with Crippen molar-refractivity contribution in [2.24, 2.45) is 0 Å². The summed E-state index contributed by atoms with van der Waals surface area (Å²) in [4.78, 5) is 0. The molecule has 3 aromatic rings. The molecule has 0 bridgehead atoms. The van der Waals surface area contributed by atoms with Gasteiger partial charge in [-0.3, -0.25) is 0 Å². The molecule has 114 valence electrons. The van der Waals surface area contributed by atoms with Crippen LogP contribution in [0, 0.1) is 6.92 Å². The first-order chi connectivity index (χ1) is 10.7. The quantitative estimate of drug-likeness (QED) is 0.743. The van der Waals surface area contributed by atoms with Crippen LogP contribution in [0.1, 0.15) is 23.9 Å². The predicted molar refractivity (Wildman–Crippen MR) is 89.2 cm³/mol. The maximum absolute atomic E-state index is 5.18. The van der Waals surface area contributed by atoms with Crippen molar-refractivity contribution in [1.82, 2.24) is 14.9 Å². The number of halogens is 1. The highest BCUT2D eigenvalue weighted by Crippen LogP contribution is 2.23. The molecule has 5 nitrogen and oxygen atoms in total. The van der Waals surface area contributed by atoms with Gasteiger partial charge in [0, 0.05) is 6.07 Å². The van der Waals surface area contributed by atoms with Crippen LogP contribution in [0.3, 0.4) is 0 Å². The van der Waals surface area contributed by atoms with Gasteiger partial charge in [-0.05, 0) is 40.9 Å². The zero-order valence-electron chi connectivity index (χ0n) is 12.5. The minimum absolute atomic E-state index is 0.574. The van der Waals surface area contributed by atoms with Crippen molar-refractivity contribution in [1.29, 1.82) is 0 Å². The maximum Gasteiger partial charge on any atom is 0.156 e. The number of nitrogens with zero attached hydrogens (tertiary/aromatic N) is 3. The summed E-state index contributed by atoms with van der Waals surface area (Å²) >= 11 is 3.28. The maximum atomic E-state index is 5.18. The van der Waals surface area contributed by atoms with Crippen molar-refractivity contribution >= 4 is 21.6 Å². The van der Waals surface area contributed by atoms with Crippen molar-refractivity contribution in [2.45, 2.75) is 26.8 Å². The molecule has 1 N–H and O–H groups in total. The van der Waals surface area contributed by atoms with Crippen molar-refractivity contribution in [3.8, 4) is 5.69 Å². The second-order valence-electron chi connectivity index (χ2n) is 5.03. The van der Waals surface area contributed by atoms with Crippen LogP contribution in [-0.4, -0.2) is 14.9 Å². The van der Waals surface area contributed by atoms with E-state index >= 15 is 0 Å². The number of anilines is 1. The van der Waals surface area contributed by atoms with Gasteiger partial charge in [0.2, 0.25) is 0 Å². The molecule has 22 heavy (non-hydrogen) atoms. The SMILES string of the molecule is CCc1c(NCc2cc(Br)no2)cnn1-c1ccccc1C. The van der Waals surface area contributed by atoms with Crippen molar-refractivity contribution in [3.63, 3.8) is 0 Å². The molecule has 0 saturated carbocycles. The lowest BCUT2D eigenvalue weighted by Gasteiger charge is -2.10. The molecular weight excluding hydrogens is 344 g/mol. The van der Waals surface area contributed by atoms with Crippen LogP contribution >= 0.6 is 15.9 Å². The molecule has 2 aromatic heterocycles. The number of rotatable bonds is 5. The molecule has 0 spiro atoms. The summed E-state index contributed by atoms with van der Waals surface area (Å²) in [6.07, 6.45) is 2.74. The van der Waals surface area contributed by atoms with Gasteiger partial charge in [0.25, 0.3) is 0 Å². The van der Waals surface area contributed by atoms with E-state index in [1.165, 1.54) is 5.56 Å². The highest BCUT2D eigenvalue weighted by Gasteiger charge is 2.12. The summed E-state index contributed by atoms with van der Waals surface area (Å²) in [5.74, 6) is 0.776. The third-order valence-corrected chi connectivity index (χ3v) is 3.90. The lowest BCUT2D eigenvalue weighted by molar-refractivity contribution is 0.384. The second-order valence-corrected chi connectivity index (χ2v) is 5.84. The largest absolute Gasteiger partial charge is 0.375 e. The molecule has 0 aliphatic carbocycles. The average molecular weight is 361 g/mol. The number of benzene rings is 1. The van der Waals surface area contributed by atoms with E-state index < -0.39 is 0 Å². The fraction of sp³-hybridized carbons (Fsp3) is 0.250.